The molecule has 2 aromatic carbocycles. The lowest BCUT2D eigenvalue weighted by atomic mass is 9.64. The van der Waals surface area contributed by atoms with Gasteiger partial charge in [-0.3, -0.25) is 4.79 Å². The molecular formula is C24H25FN4O. The van der Waals surface area contributed by atoms with E-state index in [9.17, 15) is 9.18 Å². The first-order valence-corrected chi connectivity index (χ1v) is 10.7. The number of carbonyl (C=O) groups is 1. The molecule has 4 fully saturated rings. The third kappa shape index (κ3) is 2.78. The number of piperidine rings is 2. The topological polar surface area (TPSA) is 51.4 Å². The van der Waals surface area contributed by atoms with Gasteiger partial charge in [-0.2, -0.15) is 0 Å². The predicted octanol–water partition coefficient (Wildman–Crippen LogP) is 2.60. The predicted molar refractivity (Wildman–Crippen MR) is 114 cm³/mol. The Balaban J connectivity index is 1.37. The summed E-state index contributed by atoms with van der Waals surface area (Å²) in [5.41, 5.74) is 2.45. The first-order chi connectivity index (χ1) is 14.6. The Kier molecular flexibility index (Phi) is 4.01. The summed E-state index contributed by atoms with van der Waals surface area (Å²) in [6.07, 6.45) is 0. The second-order valence-electron chi connectivity index (χ2n) is 9.12. The average molecular weight is 404 g/mol. The van der Waals surface area contributed by atoms with E-state index in [1.54, 1.807) is 12.1 Å². The average Bonchev–Trinajstić information content (AvgIpc) is 3.01. The number of nitrogens with zero attached hydrogens (tertiary/aromatic N) is 2. The smallest absolute Gasteiger partial charge is 0.267 e. The molecule has 0 spiro atoms. The third-order valence-corrected chi connectivity index (χ3v) is 7.26. The molecule has 7 rings (SSSR count). The van der Waals surface area contributed by atoms with E-state index in [1.807, 2.05) is 0 Å². The van der Waals surface area contributed by atoms with Crippen LogP contribution in [0.2, 0.25) is 0 Å². The molecule has 4 bridgehead atoms. The zero-order chi connectivity index (χ0) is 20.3. The Bertz CT molecular complexity index is 1090. The molecule has 1 amide bonds. The second-order valence-corrected chi connectivity index (χ2v) is 9.12. The SMILES string of the molecule is O=C(NC1C2CN3CCN(C2)CC1(c1ccccc1)C3)c1cc2cc(F)ccc2[nH]1. The number of H-pyrrole nitrogens is 1. The van der Waals surface area contributed by atoms with E-state index in [0.29, 0.717) is 11.6 Å². The van der Waals surface area contributed by atoms with Crippen LogP contribution in [0.1, 0.15) is 16.1 Å². The summed E-state index contributed by atoms with van der Waals surface area (Å²) < 4.78 is 13.6. The van der Waals surface area contributed by atoms with E-state index in [2.05, 4.69) is 50.4 Å². The highest BCUT2D eigenvalue weighted by molar-refractivity contribution is 5.98. The highest BCUT2D eigenvalue weighted by Crippen LogP contribution is 2.43. The fourth-order valence-corrected chi connectivity index (χ4v) is 6.01. The highest BCUT2D eigenvalue weighted by Gasteiger charge is 2.55. The minimum atomic E-state index is -0.295. The van der Waals surface area contributed by atoms with Crippen molar-refractivity contribution in [1.29, 1.82) is 0 Å². The summed E-state index contributed by atoms with van der Waals surface area (Å²) in [7, 11) is 0. The Morgan fingerprint density at radius 3 is 2.50 bits per heavy atom. The van der Waals surface area contributed by atoms with Crippen molar-refractivity contribution in [2.24, 2.45) is 5.92 Å². The first kappa shape index (κ1) is 18.1. The maximum Gasteiger partial charge on any atom is 0.267 e. The largest absolute Gasteiger partial charge is 0.351 e. The molecule has 4 aliphatic rings. The van der Waals surface area contributed by atoms with E-state index in [-0.39, 0.29) is 23.2 Å². The van der Waals surface area contributed by atoms with Crippen LogP contribution in [0.5, 0.6) is 0 Å². The van der Waals surface area contributed by atoms with Crippen LogP contribution in [0.3, 0.4) is 0 Å². The summed E-state index contributed by atoms with van der Waals surface area (Å²) in [5, 5.41) is 4.12. The zero-order valence-corrected chi connectivity index (χ0v) is 16.8. The van der Waals surface area contributed by atoms with E-state index < -0.39 is 0 Å². The van der Waals surface area contributed by atoms with Crippen LogP contribution in [0.4, 0.5) is 4.39 Å². The van der Waals surface area contributed by atoms with Gasteiger partial charge in [0.25, 0.3) is 5.91 Å². The number of aromatic nitrogens is 1. The first-order valence-electron chi connectivity index (χ1n) is 10.7. The standard InChI is InChI=1S/C24H25FN4O/c25-19-6-7-20-16(10-19)11-21(26-20)23(30)27-22-17-12-28-8-9-29(13-17)15-24(22,14-28)18-4-2-1-3-5-18/h1-7,10-11,17,22,26H,8-9,12-15H2,(H,27,30). The number of benzene rings is 2. The van der Waals surface area contributed by atoms with Crippen LogP contribution < -0.4 is 5.32 Å². The molecule has 0 aliphatic carbocycles. The van der Waals surface area contributed by atoms with Gasteiger partial charge in [-0.25, -0.2) is 4.39 Å². The number of hydrogen-bond acceptors (Lipinski definition) is 3. The maximum atomic E-state index is 13.6. The van der Waals surface area contributed by atoms with Crippen molar-refractivity contribution in [2.45, 2.75) is 11.5 Å². The molecule has 0 saturated carbocycles. The summed E-state index contributed by atoms with van der Waals surface area (Å²) in [4.78, 5) is 21.6. The molecule has 3 aromatic rings. The molecule has 3 atom stereocenters. The number of fused-ring (bicyclic) bond motifs is 2. The van der Waals surface area contributed by atoms with Gasteiger partial charge in [0, 0.05) is 67.5 Å². The molecule has 30 heavy (non-hydrogen) atoms. The number of aromatic amines is 1. The fraction of sp³-hybridized carbons (Fsp3) is 0.375. The minimum absolute atomic E-state index is 0.0705. The van der Waals surface area contributed by atoms with Crippen molar-refractivity contribution in [1.82, 2.24) is 20.1 Å². The van der Waals surface area contributed by atoms with Gasteiger partial charge in [-0.15, -0.1) is 0 Å². The molecule has 2 N–H and O–H groups in total. The zero-order valence-electron chi connectivity index (χ0n) is 16.8. The highest BCUT2D eigenvalue weighted by atomic mass is 19.1. The molecule has 0 radical (unpaired) electrons. The monoisotopic (exact) mass is 404 g/mol. The van der Waals surface area contributed by atoms with Crippen LogP contribution in [0.15, 0.2) is 54.6 Å². The van der Waals surface area contributed by atoms with Crippen molar-refractivity contribution in [2.75, 3.05) is 39.3 Å². The van der Waals surface area contributed by atoms with Crippen molar-refractivity contribution >= 4 is 16.8 Å². The Labute approximate surface area is 174 Å². The van der Waals surface area contributed by atoms with Crippen molar-refractivity contribution in [3.05, 3.63) is 71.7 Å². The van der Waals surface area contributed by atoms with Crippen LogP contribution in [0, 0.1) is 11.7 Å². The molecule has 4 aliphatic heterocycles. The number of rotatable bonds is 3. The molecule has 4 saturated heterocycles. The Hall–Kier alpha value is -2.70. The molecule has 5 nitrogen and oxygen atoms in total. The fourth-order valence-electron chi connectivity index (χ4n) is 6.01. The summed E-state index contributed by atoms with van der Waals surface area (Å²) in [6, 6.07) is 17.0. The van der Waals surface area contributed by atoms with Gasteiger partial charge < -0.3 is 20.1 Å². The molecule has 5 heterocycles. The van der Waals surface area contributed by atoms with Gasteiger partial charge in [0.15, 0.2) is 0 Å². The summed E-state index contributed by atoms with van der Waals surface area (Å²) in [6.45, 7) is 6.17. The lowest BCUT2D eigenvalue weighted by Crippen LogP contribution is -2.70. The third-order valence-electron chi connectivity index (χ3n) is 7.26. The number of amides is 1. The van der Waals surface area contributed by atoms with Crippen molar-refractivity contribution in [3.63, 3.8) is 0 Å². The van der Waals surface area contributed by atoms with Gasteiger partial charge in [0.2, 0.25) is 0 Å². The number of carbonyl (C=O) groups excluding carboxylic acids is 1. The van der Waals surface area contributed by atoms with Crippen LogP contribution in [-0.4, -0.2) is 66.0 Å². The van der Waals surface area contributed by atoms with Gasteiger partial charge in [-0.05, 0) is 29.8 Å². The number of halogens is 1. The van der Waals surface area contributed by atoms with Crippen molar-refractivity contribution in [3.8, 4) is 0 Å². The molecule has 154 valence electrons. The van der Waals surface area contributed by atoms with Crippen LogP contribution in [0.25, 0.3) is 10.9 Å². The van der Waals surface area contributed by atoms with E-state index in [0.717, 1.165) is 50.2 Å². The van der Waals surface area contributed by atoms with Gasteiger partial charge in [-0.1, -0.05) is 30.3 Å². The quantitative estimate of drug-likeness (QED) is 0.706. The molecule has 1 aromatic heterocycles. The lowest BCUT2D eigenvalue weighted by molar-refractivity contribution is 0.0179. The van der Waals surface area contributed by atoms with Gasteiger partial charge >= 0.3 is 0 Å². The summed E-state index contributed by atoms with van der Waals surface area (Å²) in [5.74, 6) is -0.0130. The van der Waals surface area contributed by atoms with Crippen molar-refractivity contribution < 1.29 is 9.18 Å². The molecule has 6 heteroatoms. The van der Waals surface area contributed by atoms with Crippen LogP contribution in [-0.2, 0) is 5.41 Å². The Morgan fingerprint density at radius 1 is 1.03 bits per heavy atom. The second kappa shape index (κ2) is 6.65. The van der Waals surface area contributed by atoms with Crippen LogP contribution >= 0.6 is 0 Å². The van der Waals surface area contributed by atoms with Gasteiger partial charge in [0.05, 0.1) is 0 Å². The molecule has 3 unspecified atom stereocenters. The van der Waals surface area contributed by atoms with E-state index >= 15 is 0 Å². The maximum absolute atomic E-state index is 13.6. The molecular weight excluding hydrogens is 379 g/mol. The van der Waals surface area contributed by atoms with E-state index in [4.69, 9.17) is 0 Å². The number of nitrogens with one attached hydrogen (secondary N) is 2. The van der Waals surface area contributed by atoms with Gasteiger partial charge in [0.1, 0.15) is 11.5 Å². The summed E-state index contributed by atoms with van der Waals surface area (Å²) >= 11 is 0. The number of hydrogen-bond donors (Lipinski definition) is 2. The Morgan fingerprint density at radius 2 is 1.77 bits per heavy atom. The van der Waals surface area contributed by atoms with E-state index in [1.165, 1.54) is 17.7 Å². The lowest BCUT2D eigenvalue weighted by Gasteiger charge is -2.55. The normalized spacial score (nSPS) is 32.3. The minimum Gasteiger partial charge on any atom is -0.351 e.